The lowest BCUT2D eigenvalue weighted by Crippen LogP contribution is -2.51. The second-order valence-corrected chi connectivity index (χ2v) is 4.66. The van der Waals surface area contributed by atoms with Gasteiger partial charge in [-0.25, -0.2) is 4.79 Å². The van der Waals surface area contributed by atoms with Gasteiger partial charge in [0.2, 0.25) is 5.91 Å². The smallest absolute Gasteiger partial charge is 0.326 e. The molecule has 17 heavy (non-hydrogen) atoms. The highest BCUT2D eigenvalue weighted by Gasteiger charge is 2.39. The average molecular weight is 242 g/mol. The minimum absolute atomic E-state index is 0.101. The van der Waals surface area contributed by atoms with Gasteiger partial charge >= 0.3 is 5.97 Å². The molecule has 1 fully saturated rings. The molecule has 1 rings (SSSR count). The fourth-order valence-electron chi connectivity index (χ4n) is 2.30. The minimum atomic E-state index is -0.957. The van der Waals surface area contributed by atoms with Crippen molar-refractivity contribution >= 4 is 11.9 Å². The molecule has 5 nitrogen and oxygen atoms in total. The van der Waals surface area contributed by atoms with Gasteiger partial charge < -0.3 is 15.7 Å². The Kier molecular flexibility index (Phi) is 4.93. The van der Waals surface area contributed by atoms with Crippen molar-refractivity contribution in [3.8, 4) is 0 Å². The van der Waals surface area contributed by atoms with Crippen molar-refractivity contribution in [1.29, 1.82) is 0 Å². The van der Waals surface area contributed by atoms with E-state index in [1.807, 2.05) is 6.92 Å². The molecule has 0 aromatic heterocycles. The fourth-order valence-corrected chi connectivity index (χ4v) is 2.30. The van der Waals surface area contributed by atoms with E-state index in [-0.39, 0.29) is 11.3 Å². The third-order valence-corrected chi connectivity index (χ3v) is 3.73. The quantitative estimate of drug-likeness (QED) is 0.664. The number of piperidine rings is 1. The van der Waals surface area contributed by atoms with Crippen LogP contribution in [0, 0.1) is 5.41 Å². The second kappa shape index (κ2) is 6.00. The van der Waals surface area contributed by atoms with Crippen LogP contribution >= 0.6 is 0 Å². The maximum atomic E-state index is 12.2. The Labute approximate surface area is 102 Å². The molecule has 1 heterocycles. The maximum absolute atomic E-state index is 12.2. The number of carboxylic acids is 1. The largest absolute Gasteiger partial charge is 0.480 e. The summed E-state index contributed by atoms with van der Waals surface area (Å²) in [4.78, 5) is 23.1. The monoisotopic (exact) mass is 242 g/mol. The van der Waals surface area contributed by atoms with Crippen LogP contribution in [-0.4, -0.2) is 36.1 Å². The van der Waals surface area contributed by atoms with E-state index in [0.717, 1.165) is 32.4 Å². The predicted molar refractivity (Wildman–Crippen MR) is 64.7 cm³/mol. The molecule has 1 aliphatic heterocycles. The van der Waals surface area contributed by atoms with Crippen LogP contribution in [-0.2, 0) is 9.59 Å². The third kappa shape index (κ3) is 3.19. The number of aliphatic carboxylic acids is 1. The summed E-state index contributed by atoms with van der Waals surface area (Å²) >= 11 is 0. The number of amides is 1. The highest BCUT2D eigenvalue weighted by Crippen LogP contribution is 2.32. The molecule has 0 radical (unpaired) electrons. The molecule has 0 aromatic rings. The van der Waals surface area contributed by atoms with Crippen LogP contribution in [0.15, 0.2) is 0 Å². The van der Waals surface area contributed by atoms with Crippen LogP contribution in [0.25, 0.3) is 0 Å². The Bertz CT molecular complexity index is 285. The summed E-state index contributed by atoms with van der Waals surface area (Å²) in [5.41, 5.74) is -0.381. The Morgan fingerprint density at radius 1 is 1.35 bits per heavy atom. The number of carbonyl (C=O) groups is 2. The molecule has 0 bridgehead atoms. The van der Waals surface area contributed by atoms with E-state index in [9.17, 15) is 9.59 Å². The van der Waals surface area contributed by atoms with E-state index < -0.39 is 12.0 Å². The van der Waals surface area contributed by atoms with Gasteiger partial charge in [0.25, 0.3) is 0 Å². The molecule has 0 spiro atoms. The van der Waals surface area contributed by atoms with Gasteiger partial charge in [0, 0.05) is 0 Å². The van der Waals surface area contributed by atoms with Crippen molar-refractivity contribution in [3.05, 3.63) is 0 Å². The molecule has 0 saturated carbocycles. The van der Waals surface area contributed by atoms with Gasteiger partial charge in [0.1, 0.15) is 6.04 Å². The van der Waals surface area contributed by atoms with E-state index in [2.05, 4.69) is 10.6 Å². The zero-order chi connectivity index (χ0) is 12.9. The summed E-state index contributed by atoms with van der Waals surface area (Å²) in [7, 11) is 0. The number of hydrogen-bond donors (Lipinski definition) is 3. The molecule has 3 N–H and O–H groups in total. The summed E-state index contributed by atoms with van der Waals surface area (Å²) in [5, 5.41) is 14.8. The first kappa shape index (κ1) is 14.0. The summed E-state index contributed by atoms with van der Waals surface area (Å²) in [6.45, 7) is 5.41. The van der Waals surface area contributed by atoms with Crippen LogP contribution in [0.1, 0.15) is 39.5 Å². The number of carboxylic acid groups (broad SMARTS) is 1. The molecular formula is C12H22N2O3. The van der Waals surface area contributed by atoms with Gasteiger partial charge in [-0.05, 0) is 38.8 Å². The first-order chi connectivity index (χ1) is 8.05. The lowest BCUT2D eigenvalue weighted by molar-refractivity contribution is -0.144. The Morgan fingerprint density at radius 3 is 2.35 bits per heavy atom. The molecule has 98 valence electrons. The van der Waals surface area contributed by atoms with Crippen molar-refractivity contribution in [2.45, 2.75) is 45.6 Å². The molecule has 1 amide bonds. The van der Waals surface area contributed by atoms with Crippen molar-refractivity contribution in [2.24, 2.45) is 5.41 Å². The SMILES string of the molecule is CC[C@@H](NC(=O)C1(CC)CCNCC1)C(=O)O. The standard InChI is InChI=1S/C12H22N2O3/c1-3-9(10(15)16)14-11(17)12(4-2)5-7-13-8-6-12/h9,13H,3-8H2,1-2H3,(H,14,17)(H,15,16)/t9-/m1/s1. The molecule has 1 atom stereocenters. The Morgan fingerprint density at radius 2 is 1.94 bits per heavy atom. The van der Waals surface area contributed by atoms with Crippen molar-refractivity contribution in [2.75, 3.05) is 13.1 Å². The normalized spacial score (nSPS) is 20.6. The van der Waals surface area contributed by atoms with E-state index in [0.29, 0.717) is 6.42 Å². The van der Waals surface area contributed by atoms with Gasteiger partial charge in [-0.2, -0.15) is 0 Å². The van der Waals surface area contributed by atoms with Gasteiger partial charge in [-0.3, -0.25) is 4.79 Å². The van der Waals surface area contributed by atoms with Gasteiger partial charge in [0.15, 0.2) is 0 Å². The molecule has 5 heteroatoms. The average Bonchev–Trinajstić information content (AvgIpc) is 2.35. The number of carbonyl (C=O) groups excluding carboxylic acids is 1. The highest BCUT2D eigenvalue weighted by atomic mass is 16.4. The molecule has 0 aliphatic carbocycles. The van der Waals surface area contributed by atoms with Crippen molar-refractivity contribution in [1.82, 2.24) is 10.6 Å². The predicted octanol–water partition coefficient (Wildman–Crippen LogP) is 0.746. The zero-order valence-corrected chi connectivity index (χ0v) is 10.6. The summed E-state index contributed by atoms with van der Waals surface area (Å²) in [5.74, 6) is -1.06. The van der Waals surface area contributed by atoms with E-state index in [1.54, 1.807) is 6.92 Å². The second-order valence-electron chi connectivity index (χ2n) is 4.66. The van der Waals surface area contributed by atoms with E-state index in [1.165, 1.54) is 0 Å². The number of nitrogens with one attached hydrogen (secondary N) is 2. The maximum Gasteiger partial charge on any atom is 0.326 e. The van der Waals surface area contributed by atoms with Gasteiger partial charge in [-0.15, -0.1) is 0 Å². The fraction of sp³-hybridized carbons (Fsp3) is 0.833. The molecule has 1 aliphatic rings. The van der Waals surface area contributed by atoms with Crippen LogP contribution in [0.2, 0.25) is 0 Å². The summed E-state index contributed by atoms with van der Waals surface area (Å²) < 4.78 is 0. The highest BCUT2D eigenvalue weighted by molar-refractivity contribution is 5.87. The van der Waals surface area contributed by atoms with Crippen LogP contribution < -0.4 is 10.6 Å². The summed E-state index contributed by atoms with van der Waals surface area (Å²) in [6, 6.07) is -0.763. The Balaban J connectivity index is 2.68. The Hall–Kier alpha value is -1.10. The zero-order valence-electron chi connectivity index (χ0n) is 10.6. The van der Waals surface area contributed by atoms with E-state index >= 15 is 0 Å². The van der Waals surface area contributed by atoms with E-state index in [4.69, 9.17) is 5.11 Å². The first-order valence-corrected chi connectivity index (χ1v) is 6.30. The summed E-state index contributed by atoms with van der Waals surface area (Å²) in [6.07, 6.45) is 2.74. The first-order valence-electron chi connectivity index (χ1n) is 6.30. The molecule has 1 saturated heterocycles. The number of hydrogen-bond acceptors (Lipinski definition) is 3. The lowest BCUT2D eigenvalue weighted by Gasteiger charge is -2.36. The van der Waals surface area contributed by atoms with Crippen molar-refractivity contribution < 1.29 is 14.7 Å². The molecule has 0 unspecified atom stereocenters. The van der Waals surface area contributed by atoms with Crippen molar-refractivity contribution in [3.63, 3.8) is 0 Å². The topological polar surface area (TPSA) is 78.4 Å². The third-order valence-electron chi connectivity index (χ3n) is 3.73. The van der Waals surface area contributed by atoms with Crippen LogP contribution in [0.5, 0.6) is 0 Å². The minimum Gasteiger partial charge on any atom is -0.480 e. The molecule has 0 aromatic carbocycles. The molecular weight excluding hydrogens is 220 g/mol. The lowest BCUT2D eigenvalue weighted by atomic mass is 9.75. The van der Waals surface area contributed by atoms with Crippen LogP contribution in [0.4, 0.5) is 0 Å². The van der Waals surface area contributed by atoms with Crippen LogP contribution in [0.3, 0.4) is 0 Å². The van der Waals surface area contributed by atoms with Gasteiger partial charge in [0.05, 0.1) is 5.41 Å². The van der Waals surface area contributed by atoms with Gasteiger partial charge in [-0.1, -0.05) is 13.8 Å². The number of rotatable bonds is 5.